The first-order valence-corrected chi connectivity index (χ1v) is 6.51. The van der Waals surface area contributed by atoms with Crippen LogP contribution in [0.4, 0.5) is 5.82 Å². The fourth-order valence-corrected chi connectivity index (χ4v) is 1.29. The van der Waals surface area contributed by atoms with Gasteiger partial charge in [0, 0.05) is 6.20 Å². The molecule has 0 atom stereocenters. The lowest BCUT2D eigenvalue weighted by molar-refractivity contribution is -0.112. The normalized spacial score (nSPS) is 11.2. The smallest absolute Gasteiger partial charge is 0.260 e. The minimum absolute atomic E-state index is 0.107. The molecular weight excluding hydrogens is 252 g/mol. The Morgan fingerprint density at radius 2 is 2.05 bits per heavy atom. The maximum Gasteiger partial charge on any atom is 0.260 e. The van der Waals surface area contributed by atoms with Gasteiger partial charge >= 0.3 is 0 Å². The molecule has 0 saturated heterocycles. The van der Waals surface area contributed by atoms with Crippen LogP contribution < -0.4 is 5.32 Å². The van der Waals surface area contributed by atoms with Crippen LogP contribution in [0, 0.1) is 6.92 Å². The van der Waals surface area contributed by atoms with Crippen molar-refractivity contribution in [3.05, 3.63) is 60.0 Å². The van der Waals surface area contributed by atoms with Gasteiger partial charge in [-0.05, 0) is 31.6 Å². The van der Waals surface area contributed by atoms with Crippen LogP contribution in [0.3, 0.4) is 0 Å². The fraction of sp³-hybridized carbons (Fsp3) is 0.250. The van der Waals surface area contributed by atoms with Gasteiger partial charge in [0.1, 0.15) is 11.6 Å². The second kappa shape index (κ2) is 9.55. The van der Waals surface area contributed by atoms with E-state index in [1.54, 1.807) is 25.3 Å². The van der Waals surface area contributed by atoms with Gasteiger partial charge in [0.15, 0.2) is 0 Å². The molecule has 0 saturated carbocycles. The van der Waals surface area contributed by atoms with E-state index in [1.165, 1.54) is 12.2 Å². The van der Waals surface area contributed by atoms with Gasteiger partial charge in [0.25, 0.3) is 5.91 Å². The number of rotatable bonds is 4. The van der Waals surface area contributed by atoms with Crippen LogP contribution in [0.25, 0.3) is 0 Å². The van der Waals surface area contributed by atoms with Gasteiger partial charge in [-0.2, -0.15) is 0 Å². The van der Waals surface area contributed by atoms with E-state index in [1.807, 2.05) is 26.8 Å². The molecule has 4 heteroatoms. The molecule has 108 valence electrons. The molecule has 4 nitrogen and oxygen atoms in total. The lowest BCUT2D eigenvalue weighted by atomic mass is 10.2. The van der Waals surface area contributed by atoms with Crippen molar-refractivity contribution in [1.82, 2.24) is 4.98 Å². The highest BCUT2D eigenvalue weighted by Gasteiger charge is 2.11. The van der Waals surface area contributed by atoms with E-state index in [4.69, 9.17) is 0 Å². The molecule has 1 aromatic heterocycles. The molecular formula is C16H22N2O2. The number of hydrogen-bond acceptors (Lipinski definition) is 3. The molecule has 0 spiro atoms. The zero-order chi connectivity index (χ0) is 15.5. The summed E-state index contributed by atoms with van der Waals surface area (Å²) < 4.78 is 0. The third-order valence-corrected chi connectivity index (χ3v) is 2.20. The van der Waals surface area contributed by atoms with Crippen LogP contribution in [0.5, 0.6) is 0 Å². The van der Waals surface area contributed by atoms with E-state index in [9.17, 15) is 9.90 Å². The predicted molar refractivity (Wildman–Crippen MR) is 83.6 cm³/mol. The van der Waals surface area contributed by atoms with Crippen molar-refractivity contribution in [3.63, 3.8) is 0 Å². The number of aliphatic hydroxyl groups is 1. The third-order valence-electron chi connectivity index (χ3n) is 2.20. The molecule has 0 radical (unpaired) electrons. The third kappa shape index (κ3) is 5.52. The van der Waals surface area contributed by atoms with Crippen molar-refractivity contribution in [1.29, 1.82) is 0 Å². The maximum atomic E-state index is 11.9. The van der Waals surface area contributed by atoms with E-state index in [0.29, 0.717) is 5.82 Å². The monoisotopic (exact) mass is 274 g/mol. The lowest BCUT2D eigenvalue weighted by Crippen LogP contribution is -2.15. The standard InChI is InChI=1S/C14H16N2O2.C2H6/c1-4-6-12(17)11(5-2)14(18)16-13-8-7-10(3)9-15-13;1-2/h4-9,17H,2H2,1,3H3,(H,15,16,18);1-2H3/b6-4-,12-11-;. The number of aliphatic hydroxyl groups excluding tert-OH is 1. The summed E-state index contributed by atoms with van der Waals surface area (Å²) in [6.07, 6.45) is 6.02. The van der Waals surface area contributed by atoms with Gasteiger partial charge in [-0.3, -0.25) is 4.79 Å². The zero-order valence-corrected chi connectivity index (χ0v) is 12.5. The Morgan fingerprint density at radius 3 is 2.50 bits per heavy atom. The molecule has 0 fully saturated rings. The molecule has 0 aliphatic carbocycles. The number of pyridine rings is 1. The van der Waals surface area contributed by atoms with E-state index < -0.39 is 5.91 Å². The summed E-state index contributed by atoms with van der Waals surface area (Å²) in [5, 5.41) is 12.2. The minimum Gasteiger partial charge on any atom is -0.507 e. The molecule has 1 amide bonds. The number of carbonyl (C=O) groups is 1. The van der Waals surface area contributed by atoms with Crippen LogP contribution in [-0.2, 0) is 4.79 Å². The Hall–Kier alpha value is -2.36. The molecule has 0 aliphatic rings. The molecule has 0 bridgehead atoms. The van der Waals surface area contributed by atoms with Gasteiger partial charge in [-0.25, -0.2) is 4.98 Å². The van der Waals surface area contributed by atoms with Crippen LogP contribution in [-0.4, -0.2) is 16.0 Å². The molecule has 0 aliphatic heterocycles. The number of aryl methyl sites for hydroxylation is 1. The Balaban J connectivity index is 0.00000172. The molecule has 0 unspecified atom stereocenters. The Kier molecular flexibility index (Phi) is 8.43. The average molecular weight is 274 g/mol. The summed E-state index contributed by atoms with van der Waals surface area (Å²) in [4.78, 5) is 15.9. The second-order valence-corrected chi connectivity index (χ2v) is 3.68. The molecule has 20 heavy (non-hydrogen) atoms. The van der Waals surface area contributed by atoms with Crippen LogP contribution in [0.2, 0.25) is 0 Å². The number of nitrogens with zero attached hydrogens (tertiary/aromatic N) is 1. The highest BCUT2D eigenvalue weighted by Crippen LogP contribution is 2.10. The number of allylic oxidation sites excluding steroid dienone is 2. The topological polar surface area (TPSA) is 62.2 Å². The lowest BCUT2D eigenvalue weighted by Gasteiger charge is -2.06. The minimum atomic E-state index is -0.447. The van der Waals surface area contributed by atoms with Gasteiger partial charge < -0.3 is 10.4 Å². The zero-order valence-electron chi connectivity index (χ0n) is 12.5. The fourth-order valence-electron chi connectivity index (χ4n) is 1.29. The summed E-state index contributed by atoms with van der Waals surface area (Å²) in [6.45, 7) is 11.2. The highest BCUT2D eigenvalue weighted by molar-refractivity contribution is 6.05. The summed E-state index contributed by atoms with van der Waals surface area (Å²) in [6, 6.07) is 3.53. The Bertz CT molecular complexity index is 500. The van der Waals surface area contributed by atoms with Crippen LogP contribution in [0.1, 0.15) is 26.3 Å². The van der Waals surface area contributed by atoms with E-state index in [2.05, 4.69) is 16.9 Å². The average Bonchev–Trinajstić information content (AvgIpc) is 2.45. The SMILES string of the molecule is C=C/C(C(=O)Nc1ccc(C)cn1)=C(O)\C=C/C.CC. The number of aromatic nitrogens is 1. The first kappa shape index (κ1) is 17.6. The van der Waals surface area contributed by atoms with Gasteiger partial charge in [0.2, 0.25) is 0 Å². The van der Waals surface area contributed by atoms with Crippen molar-refractivity contribution in [2.45, 2.75) is 27.7 Å². The van der Waals surface area contributed by atoms with Gasteiger partial charge in [-0.15, -0.1) is 0 Å². The number of nitrogens with one attached hydrogen (secondary N) is 1. The van der Waals surface area contributed by atoms with Crippen molar-refractivity contribution in [2.75, 3.05) is 5.32 Å². The number of anilines is 1. The first-order valence-electron chi connectivity index (χ1n) is 6.51. The molecule has 1 heterocycles. The number of hydrogen-bond donors (Lipinski definition) is 2. The summed E-state index contributed by atoms with van der Waals surface area (Å²) in [5.74, 6) is -0.146. The molecule has 1 rings (SSSR count). The molecule has 1 aromatic rings. The predicted octanol–water partition coefficient (Wildman–Crippen LogP) is 3.93. The van der Waals surface area contributed by atoms with Crippen molar-refractivity contribution in [3.8, 4) is 0 Å². The van der Waals surface area contributed by atoms with E-state index in [-0.39, 0.29) is 11.3 Å². The quantitative estimate of drug-likeness (QED) is 0.497. The van der Waals surface area contributed by atoms with E-state index >= 15 is 0 Å². The van der Waals surface area contributed by atoms with Crippen molar-refractivity contribution >= 4 is 11.7 Å². The summed E-state index contributed by atoms with van der Waals surface area (Å²) >= 11 is 0. The Labute approximate surface area is 120 Å². The highest BCUT2D eigenvalue weighted by atomic mass is 16.3. The number of carbonyl (C=O) groups excluding carboxylic acids is 1. The van der Waals surface area contributed by atoms with Crippen LogP contribution in [0.15, 0.2) is 54.5 Å². The van der Waals surface area contributed by atoms with Gasteiger partial charge in [-0.1, -0.05) is 38.6 Å². The maximum absolute atomic E-state index is 11.9. The van der Waals surface area contributed by atoms with Gasteiger partial charge in [0.05, 0.1) is 5.57 Å². The Morgan fingerprint density at radius 1 is 1.40 bits per heavy atom. The molecule has 0 aromatic carbocycles. The van der Waals surface area contributed by atoms with Crippen LogP contribution >= 0.6 is 0 Å². The molecule has 2 N–H and O–H groups in total. The first-order chi connectivity index (χ1) is 9.58. The summed E-state index contributed by atoms with van der Waals surface area (Å²) in [5.41, 5.74) is 1.11. The van der Waals surface area contributed by atoms with Crippen molar-refractivity contribution in [2.24, 2.45) is 0 Å². The number of amides is 1. The van der Waals surface area contributed by atoms with Crippen molar-refractivity contribution < 1.29 is 9.90 Å². The largest absolute Gasteiger partial charge is 0.507 e. The summed E-state index contributed by atoms with van der Waals surface area (Å²) in [7, 11) is 0. The second-order valence-electron chi connectivity index (χ2n) is 3.68. The van der Waals surface area contributed by atoms with E-state index in [0.717, 1.165) is 5.56 Å².